The minimum atomic E-state index is -4.41. The van der Waals surface area contributed by atoms with E-state index in [1.54, 1.807) is 29.2 Å². The molecule has 11 nitrogen and oxygen atoms in total. The van der Waals surface area contributed by atoms with Crippen LogP contribution < -0.4 is 0 Å². The van der Waals surface area contributed by atoms with Gasteiger partial charge in [0, 0.05) is 38.2 Å². The summed E-state index contributed by atoms with van der Waals surface area (Å²) in [6.45, 7) is 6.10. The number of rotatable bonds is 7. The highest BCUT2D eigenvalue weighted by molar-refractivity contribution is 7.89. The Bertz CT molecular complexity index is 2040. The fourth-order valence-electron chi connectivity index (χ4n) is 7.30. The average molecular weight is 681 g/mol. The third-order valence-electron chi connectivity index (χ3n) is 9.76. The molecule has 4 aromatic heterocycles. The fourth-order valence-corrected chi connectivity index (χ4v) is 9.01. The van der Waals surface area contributed by atoms with Crippen molar-refractivity contribution in [1.29, 1.82) is 0 Å². The number of carbonyl (C=O) groups excluding carboxylic acids is 1. The number of allylic oxidation sites excluding steroid dienone is 1. The van der Waals surface area contributed by atoms with E-state index in [4.69, 9.17) is 0 Å². The van der Waals surface area contributed by atoms with Crippen molar-refractivity contribution < 1.29 is 26.4 Å². The zero-order valence-electron chi connectivity index (χ0n) is 26.9. The van der Waals surface area contributed by atoms with Gasteiger partial charge in [-0.05, 0) is 72.6 Å². The molecule has 0 N–H and O–H groups in total. The van der Waals surface area contributed by atoms with Gasteiger partial charge in [-0.3, -0.25) is 14.5 Å². The van der Waals surface area contributed by atoms with Crippen LogP contribution in [0.1, 0.15) is 80.2 Å². The molecule has 3 aliphatic carbocycles. The molecular weight excluding hydrogens is 645 g/mol. The lowest BCUT2D eigenvalue weighted by molar-refractivity contribution is -0.116. The van der Waals surface area contributed by atoms with Gasteiger partial charge in [0.2, 0.25) is 5.95 Å². The number of sulfonamides is 1. The normalized spacial score (nSPS) is 22.5. The Morgan fingerprint density at radius 1 is 1.04 bits per heavy atom. The molecule has 2 atom stereocenters. The summed E-state index contributed by atoms with van der Waals surface area (Å²) in [4.78, 5) is 27.1. The second kappa shape index (κ2) is 11.2. The molecule has 0 bridgehead atoms. The van der Waals surface area contributed by atoms with Crippen molar-refractivity contribution in [2.75, 3.05) is 0 Å². The van der Waals surface area contributed by atoms with Gasteiger partial charge < -0.3 is 0 Å². The van der Waals surface area contributed by atoms with E-state index in [0.29, 0.717) is 17.8 Å². The Kier molecular flexibility index (Phi) is 7.51. The number of hydrogen-bond donors (Lipinski definition) is 0. The predicted octanol–water partition coefficient (Wildman–Crippen LogP) is 5.08. The van der Waals surface area contributed by atoms with Crippen LogP contribution in [0, 0.1) is 11.4 Å². The molecule has 4 heterocycles. The predicted molar refractivity (Wildman–Crippen MR) is 168 cm³/mol. The molecule has 3 aliphatic rings. The minimum absolute atomic E-state index is 0.0376. The lowest BCUT2D eigenvalue weighted by atomic mass is 9.60. The molecule has 0 aromatic carbocycles. The molecule has 15 heteroatoms. The van der Waals surface area contributed by atoms with Crippen LogP contribution in [0.4, 0.5) is 13.2 Å². The van der Waals surface area contributed by atoms with Crippen LogP contribution in [0.3, 0.4) is 0 Å². The number of ketones is 1. The van der Waals surface area contributed by atoms with Crippen LogP contribution in [-0.2, 0) is 28.9 Å². The smallest absolute Gasteiger partial charge is 0.282 e. The topological polar surface area (TPSA) is 129 Å². The van der Waals surface area contributed by atoms with Crippen molar-refractivity contribution in [3.8, 4) is 5.69 Å². The molecule has 2 saturated carbocycles. The number of halogens is 3. The maximum Gasteiger partial charge on any atom is 0.282 e. The highest BCUT2D eigenvalue weighted by atomic mass is 32.2. The van der Waals surface area contributed by atoms with Gasteiger partial charge in [-0.25, -0.2) is 31.8 Å². The number of fused-ring (bicyclic) bond motifs is 2. The van der Waals surface area contributed by atoms with Crippen LogP contribution in [0.5, 0.6) is 0 Å². The van der Waals surface area contributed by atoms with Crippen molar-refractivity contribution >= 4 is 21.9 Å². The van der Waals surface area contributed by atoms with Crippen molar-refractivity contribution in [2.24, 2.45) is 12.5 Å². The lowest BCUT2D eigenvalue weighted by Crippen LogP contribution is -2.59. The van der Waals surface area contributed by atoms with Crippen LogP contribution in [0.2, 0.25) is 0 Å². The molecular formula is C33H35F3N8O3S. The van der Waals surface area contributed by atoms with E-state index in [0.717, 1.165) is 21.0 Å². The quantitative estimate of drug-likeness (QED) is 0.195. The van der Waals surface area contributed by atoms with E-state index in [1.165, 1.54) is 30.3 Å². The summed E-state index contributed by atoms with van der Waals surface area (Å²) < 4.78 is 74.5. The Morgan fingerprint density at radius 3 is 2.46 bits per heavy atom. The number of nitrogens with zero attached hydrogens (tertiary/aromatic N) is 8. The number of pyridine rings is 2. The number of alkyl halides is 2. The Labute approximate surface area is 276 Å². The van der Waals surface area contributed by atoms with E-state index in [9.17, 15) is 26.4 Å². The summed E-state index contributed by atoms with van der Waals surface area (Å²) in [7, 11) is -2.88. The second-order valence-corrected chi connectivity index (χ2v) is 15.8. The Balaban J connectivity index is 1.34. The van der Waals surface area contributed by atoms with Gasteiger partial charge in [0.15, 0.2) is 5.78 Å². The SMILES string of the molecule is Cn1cnc(S(=O)(=O)N(C2CC(F)(F)C2)[C@H]2CCC3=Cc4c(cnn4-c4ccc(F)nc4)C[C@]3(C(=O)c3cc(C(C)(C)C)ccn3)C2)n1. The first-order valence-corrected chi connectivity index (χ1v) is 17.2. The number of aromatic nitrogens is 7. The monoisotopic (exact) mass is 680 g/mol. The van der Waals surface area contributed by atoms with E-state index in [-0.39, 0.29) is 36.2 Å². The maximum atomic E-state index is 14.9. The molecule has 0 spiro atoms. The summed E-state index contributed by atoms with van der Waals surface area (Å²) in [6, 6.07) is 4.65. The number of Topliss-reactive ketones (excluding diaryl/α,β-unsaturated/α-hetero) is 1. The first-order chi connectivity index (χ1) is 22.6. The van der Waals surface area contributed by atoms with Gasteiger partial charge >= 0.3 is 0 Å². The first kappa shape index (κ1) is 32.3. The lowest BCUT2D eigenvalue weighted by Gasteiger charge is -2.50. The molecule has 0 amide bonds. The highest BCUT2D eigenvalue weighted by Gasteiger charge is 2.57. The van der Waals surface area contributed by atoms with Gasteiger partial charge in [0.1, 0.15) is 12.0 Å². The third kappa shape index (κ3) is 5.46. The van der Waals surface area contributed by atoms with Crippen molar-refractivity contribution in [3.63, 3.8) is 0 Å². The zero-order chi connectivity index (χ0) is 34.2. The van der Waals surface area contributed by atoms with Gasteiger partial charge in [0.25, 0.3) is 21.1 Å². The summed E-state index contributed by atoms with van der Waals surface area (Å²) in [5.41, 5.74) is 2.36. The molecule has 0 radical (unpaired) electrons. The van der Waals surface area contributed by atoms with Crippen LogP contribution in [0.15, 0.2) is 59.9 Å². The van der Waals surface area contributed by atoms with E-state index in [2.05, 4.69) is 25.1 Å². The molecule has 2 fully saturated rings. The molecule has 4 aromatic rings. The summed E-state index contributed by atoms with van der Waals surface area (Å²) in [5.74, 6) is -3.90. The van der Waals surface area contributed by atoms with E-state index < -0.39 is 57.4 Å². The van der Waals surface area contributed by atoms with Gasteiger partial charge in [-0.1, -0.05) is 26.3 Å². The number of carbonyl (C=O) groups is 1. The second-order valence-electron chi connectivity index (χ2n) is 14.1. The van der Waals surface area contributed by atoms with Crippen molar-refractivity contribution in [3.05, 3.63) is 83.2 Å². The van der Waals surface area contributed by atoms with Crippen LogP contribution in [0.25, 0.3) is 11.8 Å². The summed E-state index contributed by atoms with van der Waals surface area (Å²) in [5, 5.41) is 8.09. The first-order valence-electron chi connectivity index (χ1n) is 15.8. The van der Waals surface area contributed by atoms with Crippen LogP contribution in [-0.4, -0.2) is 71.0 Å². The maximum absolute atomic E-state index is 14.9. The van der Waals surface area contributed by atoms with Crippen molar-refractivity contribution in [1.82, 2.24) is 38.8 Å². The number of hydrogen-bond acceptors (Lipinski definition) is 8. The third-order valence-corrected chi connectivity index (χ3v) is 11.6. The largest absolute Gasteiger partial charge is 0.291 e. The molecule has 0 aliphatic heterocycles. The molecule has 252 valence electrons. The molecule has 0 unspecified atom stereocenters. The Hall–Kier alpha value is -4.24. The molecule has 0 saturated heterocycles. The standard InChI is InChI=1S/C33H35F3N8O3S/c1-31(2,3)21-9-10-37-26(11-21)29(45)32-13-20-17-40-43(24-7-8-28(34)38-18-24)27(20)12-22(32)5-6-23(14-32)44(25-15-33(35,36)16-25)48(46,47)30-39-19-42(4)41-30/h7-12,17-19,23,25H,5-6,13-16H2,1-4H3/t23-,32-/m0/s1. The zero-order valence-corrected chi connectivity index (χ0v) is 27.8. The number of aryl methyl sites for hydroxylation is 1. The highest BCUT2D eigenvalue weighted by Crippen LogP contribution is 2.53. The van der Waals surface area contributed by atoms with Crippen molar-refractivity contribution in [2.45, 2.75) is 87.9 Å². The van der Waals surface area contributed by atoms with E-state index >= 15 is 0 Å². The van der Waals surface area contributed by atoms with E-state index in [1.807, 2.05) is 32.9 Å². The summed E-state index contributed by atoms with van der Waals surface area (Å²) in [6.07, 6.45) is 7.31. The average Bonchev–Trinajstić information content (AvgIpc) is 3.65. The fraction of sp³-hybridized carbons (Fsp3) is 0.455. The van der Waals surface area contributed by atoms with Gasteiger partial charge in [0.05, 0.1) is 29.2 Å². The Morgan fingerprint density at radius 2 is 1.81 bits per heavy atom. The van der Waals surface area contributed by atoms with Gasteiger partial charge in [-0.15, -0.1) is 5.10 Å². The van der Waals surface area contributed by atoms with Gasteiger partial charge in [-0.2, -0.15) is 13.8 Å². The summed E-state index contributed by atoms with van der Waals surface area (Å²) >= 11 is 0. The minimum Gasteiger partial charge on any atom is -0.291 e. The molecule has 48 heavy (non-hydrogen) atoms. The molecule has 7 rings (SSSR count). The van der Waals surface area contributed by atoms with Crippen LogP contribution >= 0.6 is 0 Å².